The van der Waals surface area contributed by atoms with Crippen molar-refractivity contribution >= 4 is 62.5 Å². The fourth-order valence-electron chi connectivity index (χ4n) is 0.434. The van der Waals surface area contributed by atoms with Gasteiger partial charge in [-0.1, -0.05) is 0 Å². The number of carbonyl (C=O) groups excluding carboxylic acids is 2. The maximum absolute atomic E-state index is 10.8. The first kappa shape index (κ1) is 20.6. The minimum absolute atomic E-state index is 0.0313. The van der Waals surface area contributed by atoms with Gasteiger partial charge in [0.25, 0.3) is 0 Å². The molecule has 2 N–H and O–H groups in total. The summed E-state index contributed by atoms with van der Waals surface area (Å²) >= 11 is 14.9. The second-order valence-corrected chi connectivity index (χ2v) is 5.41. The van der Waals surface area contributed by atoms with Gasteiger partial charge in [0.05, 0.1) is 13.2 Å². The molecule has 0 heterocycles. The van der Waals surface area contributed by atoms with E-state index in [1.54, 1.807) is 0 Å². The number of esters is 2. The van der Waals surface area contributed by atoms with E-state index < -0.39 is 21.1 Å². The Balaban J connectivity index is 0. The van der Waals surface area contributed by atoms with Crippen molar-refractivity contribution in [3.8, 4) is 0 Å². The summed E-state index contributed by atoms with van der Waals surface area (Å²) in [5.41, 5.74) is 0. The molecule has 10 heteroatoms. The van der Waals surface area contributed by atoms with Gasteiger partial charge in [-0.15, -0.1) is 0 Å². The van der Waals surface area contributed by atoms with Crippen molar-refractivity contribution in [3.63, 3.8) is 0 Å². The Kier molecular flexibility index (Phi) is 15.6. The molecule has 0 atom stereocenters. The van der Waals surface area contributed by atoms with Crippen LogP contribution in [0.5, 0.6) is 0 Å². The largest absolute Gasteiger partial charge is 0.461 e. The van der Waals surface area contributed by atoms with Crippen LogP contribution < -0.4 is 0 Å². The van der Waals surface area contributed by atoms with Crippen LogP contribution in [0.25, 0.3) is 0 Å². The molecule has 0 aromatic rings. The molecule has 0 aromatic heterocycles. The van der Waals surface area contributed by atoms with Gasteiger partial charge in [0.2, 0.25) is 0 Å². The number of thiol groups is 4. The van der Waals surface area contributed by atoms with Gasteiger partial charge in [-0.3, -0.25) is 0 Å². The molecule has 0 rings (SSSR count). The Morgan fingerprint density at radius 3 is 1.28 bits per heavy atom. The summed E-state index contributed by atoms with van der Waals surface area (Å²) in [7, 11) is 0. The summed E-state index contributed by atoms with van der Waals surface area (Å²) < 4.78 is 7.66. The van der Waals surface area contributed by atoms with Crippen LogP contribution in [-0.4, -0.2) is 57.7 Å². The van der Waals surface area contributed by atoms with E-state index in [0.29, 0.717) is 0 Å². The molecular weight excluding hydrogens is 320 g/mol. The lowest BCUT2D eigenvalue weighted by Gasteiger charge is -2.07. The highest BCUT2D eigenvalue weighted by molar-refractivity contribution is 8.00. The molecule has 0 aliphatic carbocycles. The average molecular weight is 336 g/mol. The molecule has 0 aromatic carbocycles. The minimum Gasteiger partial charge on any atom is -0.461 e. The van der Waals surface area contributed by atoms with E-state index in [1.165, 1.54) is 0 Å². The molecule has 0 aliphatic heterocycles. The van der Waals surface area contributed by atoms with E-state index in [2.05, 4.69) is 60.0 Å². The van der Waals surface area contributed by atoms with Gasteiger partial charge in [-0.05, 0) is 0 Å². The molecule has 0 aliphatic rings. The third kappa shape index (κ3) is 14.3. The maximum atomic E-state index is 10.8. The second-order valence-electron chi connectivity index (χ2n) is 2.53. The van der Waals surface area contributed by atoms with Crippen LogP contribution in [0.4, 0.5) is 0 Å². The summed E-state index contributed by atoms with van der Waals surface area (Å²) in [6.45, 7) is -0.313. The molecule has 0 spiro atoms. The van der Waals surface area contributed by atoms with E-state index in [1.807, 2.05) is 0 Å². The van der Waals surface area contributed by atoms with Gasteiger partial charge in [-0.2, -0.15) is 50.5 Å². The zero-order valence-corrected chi connectivity index (χ0v) is 12.9. The van der Waals surface area contributed by atoms with Gasteiger partial charge in [0.15, 0.2) is 0 Å². The lowest BCUT2D eigenvalue weighted by molar-refractivity contribution is -0.149. The monoisotopic (exact) mass is 336 g/mol. The van der Waals surface area contributed by atoms with Crippen LogP contribution in [0.3, 0.4) is 0 Å². The van der Waals surface area contributed by atoms with Gasteiger partial charge in [0.1, 0.15) is 22.4 Å². The van der Waals surface area contributed by atoms with Crippen molar-refractivity contribution in [2.75, 3.05) is 26.4 Å². The van der Waals surface area contributed by atoms with Crippen LogP contribution in [-0.2, 0) is 19.1 Å². The van der Waals surface area contributed by atoms with Gasteiger partial charge in [-0.25, -0.2) is 9.59 Å². The summed E-state index contributed by atoms with van der Waals surface area (Å²) in [4.78, 5) is 21.6. The number of hydrogen-bond acceptors (Lipinski definition) is 10. The van der Waals surface area contributed by atoms with Crippen LogP contribution in [0.2, 0.25) is 0 Å². The van der Waals surface area contributed by atoms with Crippen molar-refractivity contribution in [1.29, 1.82) is 0 Å². The molecule has 0 radical (unpaired) electrons. The Bertz CT molecular complexity index is 212. The van der Waals surface area contributed by atoms with E-state index in [9.17, 15) is 9.59 Å². The van der Waals surface area contributed by atoms with E-state index >= 15 is 0 Å². The maximum Gasteiger partial charge on any atom is 0.328 e. The Hall–Kier alpha value is 0.260. The number of aliphatic hydroxyl groups excluding tert-OH is 2. The predicted octanol–water partition coefficient (Wildman–Crippen LogP) is -0.585. The van der Waals surface area contributed by atoms with Crippen molar-refractivity contribution in [3.05, 3.63) is 0 Å². The first-order valence-electron chi connectivity index (χ1n) is 4.64. The molecule has 108 valence electrons. The molecule has 0 saturated heterocycles. The van der Waals surface area contributed by atoms with Gasteiger partial charge in [0, 0.05) is 0 Å². The fraction of sp³-hybridized carbons (Fsp3) is 0.750. The zero-order valence-electron chi connectivity index (χ0n) is 9.30. The number of carbonyl (C=O) groups is 2. The third-order valence-corrected chi connectivity index (χ3v) is 1.94. The van der Waals surface area contributed by atoms with Crippen LogP contribution >= 0.6 is 50.5 Å². The molecule has 0 amide bonds. The SMILES string of the molecule is O=C(OCCOC(=O)C(S)S)C(S)S.OCCO. The Labute approximate surface area is 127 Å². The summed E-state index contributed by atoms with van der Waals surface area (Å²) in [5, 5.41) is 15.2. The molecule has 0 unspecified atom stereocenters. The molecular formula is C8H16O6S4. The van der Waals surface area contributed by atoms with Crippen molar-refractivity contribution in [1.82, 2.24) is 0 Å². The van der Waals surface area contributed by atoms with E-state index in [4.69, 9.17) is 10.2 Å². The number of ether oxygens (including phenoxy) is 2. The number of aliphatic hydroxyl groups is 2. The third-order valence-electron chi connectivity index (χ3n) is 1.09. The average Bonchev–Trinajstić information content (AvgIpc) is 2.33. The number of rotatable bonds is 6. The van der Waals surface area contributed by atoms with Crippen molar-refractivity contribution in [2.24, 2.45) is 0 Å². The van der Waals surface area contributed by atoms with Crippen molar-refractivity contribution in [2.45, 2.75) is 9.16 Å². The Morgan fingerprint density at radius 2 is 1.11 bits per heavy atom. The smallest absolute Gasteiger partial charge is 0.328 e. The highest BCUT2D eigenvalue weighted by atomic mass is 32.2. The van der Waals surface area contributed by atoms with Gasteiger partial charge < -0.3 is 19.7 Å². The fourth-order valence-corrected chi connectivity index (χ4v) is 0.732. The lowest BCUT2D eigenvalue weighted by atomic mass is 10.7. The summed E-state index contributed by atoms with van der Waals surface area (Å²) in [6, 6.07) is 0. The molecule has 0 saturated carbocycles. The molecule has 0 bridgehead atoms. The van der Waals surface area contributed by atoms with Crippen LogP contribution in [0.1, 0.15) is 0 Å². The standard InChI is InChI=1S/C6H10O4S4.C2H6O2/c7-3(5(11)12)9-1-2-10-4(8)6(13)14;3-1-2-4/h5-6,11-14H,1-2H2;3-4H,1-2H2. The van der Waals surface area contributed by atoms with Crippen LogP contribution in [0, 0.1) is 0 Å². The topological polar surface area (TPSA) is 93.1 Å². The normalized spacial score (nSPS) is 9.78. The predicted molar refractivity (Wildman–Crippen MR) is 79.6 cm³/mol. The number of hydrogen-bond donors (Lipinski definition) is 6. The molecule has 18 heavy (non-hydrogen) atoms. The lowest BCUT2D eigenvalue weighted by Crippen LogP contribution is -2.19. The van der Waals surface area contributed by atoms with E-state index in [0.717, 1.165) is 0 Å². The first-order valence-corrected chi connectivity index (χ1v) is 6.70. The highest BCUT2D eigenvalue weighted by Gasteiger charge is 2.12. The molecule has 0 fully saturated rings. The van der Waals surface area contributed by atoms with Crippen LogP contribution in [0.15, 0.2) is 0 Å². The zero-order chi connectivity index (χ0) is 14.6. The van der Waals surface area contributed by atoms with E-state index in [-0.39, 0.29) is 26.4 Å². The minimum atomic E-state index is -0.784. The highest BCUT2D eigenvalue weighted by Crippen LogP contribution is 2.03. The van der Waals surface area contributed by atoms with Crippen molar-refractivity contribution < 1.29 is 29.3 Å². The molecule has 6 nitrogen and oxygen atoms in total. The van der Waals surface area contributed by atoms with Gasteiger partial charge >= 0.3 is 11.9 Å². The summed E-state index contributed by atoms with van der Waals surface area (Å²) in [6.07, 6.45) is 0. The Morgan fingerprint density at radius 1 is 0.833 bits per heavy atom. The second kappa shape index (κ2) is 13.7. The quantitative estimate of drug-likeness (QED) is 0.168. The first-order chi connectivity index (χ1) is 8.36. The summed E-state index contributed by atoms with van der Waals surface area (Å²) in [5.74, 6) is -1.16.